The molecule has 0 spiro atoms. The van der Waals surface area contributed by atoms with Gasteiger partial charge in [-0.2, -0.15) is 0 Å². The van der Waals surface area contributed by atoms with Crippen molar-refractivity contribution in [3.05, 3.63) is 34.1 Å². The van der Waals surface area contributed by atoms with Crippen molar-refractivity contribution in [1.82, 2.24) is 4.90 Å². The van der Waals surface area contributed by atoms with Crippen LogP contribution in [-0.4, -0.2) is 31.2 Å². The van der Waals surface area contributed by atoms with Crippen LogP contribution < -0.4 is 0 Å². The third-order valence-electron chi connectivity index (χ3n) is 3.80. The van der Waals surface area contributed by atoms with Gasteiger partial charge in [-0.1, -0.05) is 6.07 Å². The van der Waals surface area contributed by atoms with E-state index >= 15 is 0 Å². The fraction of sp³-hybridized carbons (Fsp3) is 0.538. The van der Waals surface area contributed by atoms with Gasteiger partial charge >= 0.3 is 0 Å². The molecule has 0 aromatic heterocycles. The molecule has 0 radical (unpaired) electrons. The maximum atomic E-state index is 13.3. The summed E-state index contributed by atoms with van der Waals surface area (Å²) in [4.78, 5) is 2.48. The molecule has 3 rings (SSSR count). The summed E-state index contributed by atoms with van der Waals surface area (Å²) in [7, 11) is 0. The Hall–Kier alpha value is -0.450. The lowest BCUT2D eigenvalue weighted by Gasteiger charge is -2.35. The number of hydrogen-bond donors (Lipinski definition) is 0. The predicted molar refractivity (Wildman–Crippen MR) is 67.4 cm³/mol. The quantitative estimate of drug-likeness (QED) is 0.832. The van der Waals surface area contributed by atoms with Crippen molar-refractivity contribution in [2.75, 3.05) is 26.3 Å². The van der Waals surface area contributed by atoms with Gasteiger partial charge in [0.25, 0.3) is 0 Å². The Labute approximate surface area is 109 Å². The Kier molecular flexibility index (Phi) is 2.97. The molecule has 92 valence electrons. The van der Waals surface area contributed by atoms with E-state index in [4.69, 9.17) is 4.74 Å². The number of hydrogen-bond acceptors (Lipinski definition) is 2. The molecule has 2 aliphatic rings. The van der Waals surface area contributed by atoms with Crippen molar-refractivity contribution < 1.29 is 9.13 Å². The zero-order chi connectivity index (χ0) is 11.9. The summed E-state index contributed by atoms with van der Waals surface area (Å²) in [5.74, 6) is -0.188. The van der Waals surface area contributed by atoms with E-state index in [0.717, 1.165) is 26.3 Å². The second-order valence-electron chi connectivity index (χ2n) is 4.76. The third kappa shape index (κ3) is 2.02. The number of morpholine rings is 1. The third-order valence-corrected chi connectivity index (χ3v) is 4.40. The van der Waals surface area contributed by atoms with Crippen LogP contribution in [0.4, 0.5) is 4.39 Å². The largest absolute Gasteiger partial charge is 0.379 e. The Morgan fingerprint density at radius 3 is 2.53 bits per heavy atom. The van der Waals surface area contributed by atoms with Gasteiger partial charge in [-0.3, -0.25) is 4.90 Å². The molecule has 2 nitrogen and oxygen atoms in total. The highest BCUT2D eigenvalue weighted by Crippen LogP contribution is 2.51. The molecular formula is C13H15BrFNO. The van der Waals surface area contributed by atoms with E-state index in [9.17, 15) is 4.39 Å². The van der Waals surface area contributed by atoms with Crippen molar-refractivity contribution in [2.24, 2.45) is 0 Å². The van der Waals surface area contributed by atoms with Gasteiger partial charge in [-0.05, 0) is 46.5 Å². The van der Waals surface area contributed by atoms with Gasteiger partial charge in [0.05, 0.1) is 17.7 Å². The molecule has 4 heteroatoms. The molecule has 1 saturated heterocycles. The number of ether oxygens (including phenoxy) is 1. The number of benzene rings is 1. The number of rotatable bonds is 2. The lowest BCUT2D eigenvalue weighted by atomic mass is 10.0. The number of halogens is 2. The average molecular weight is 300 g/mol. The highest BCUT2D eigenvalue weighted by atomic mass is 79.9. The molecule has 2 fully saturated rings. The second kappa shape index (κ2) is 4.34. The summed E-state index contributed by atoms with van der Waals surface area (Å²) < 4.78 is 19.2. The van der Waals surface area contributed by atoms with Crippen LogP contribution in [0.5, 0.6) is 0 Å². The van der Waals surface area contributed by atoms with Crippen LogP contribution in [-0.2, 0) is 10.3 Å². The first-order valence-corrected chi connectivity index (χ1v) is 6.80. The maximum Gasteiger partial charge on any atom is 0.137 e. The summed E-state index contributed by atoms with van der Waals surface area (Å²) in [5, 5.41) is 0. The number of nitrogens with zero attached hydrogens (tertiary/aromatic N) is 1. The van der Waals surface area contributed by atoms with Gasteiger partial charge in [-0.25, -0.2) is 4.39 Å². The lowest BCUT2D eigenvalue weighted by molar-refractivity contribution is 0.00832. The van der Waals surface area contributed by atoms with Crippen LogP contribution >= 0.6 is 15.9 Å². The van der Waals surface area contributed by atoms with Gasteiger partial charge in [0.2, 0.25) is 0 Å². The van der Waals surface area contributed by atoms with Crippen molar-refractivity contribution in [3.8, 4) is 0 Å². The molecule has 1 aliphatic carbocycles. The summed E-state index contributed by atoms with van der Waals surface area (Å²) in [6, 6.07) is 5.40. The molecule has 17 heavy (non-hydrogen) atoms. The topological polar surface area (TPSA) is 12.5 Å². The van der Waals surface area contributed by atoms with Gasteiger partial charge in [-0.15, -0.1) is 0 Å². The van der Waals surface area contributed by atoms with E-state index in [0.29, 0.717) is 4.47 Å². The van der Waals surface area contributed by atoms with Crippen LogP contribution in [0.1, 0.15) is 18.4 Å². The summed E-state index contributed by atoms with van der Waals surface area (Å²) >= 11 is 3.27. The van der Waals surface area contributed by atoms with Crippen molar-refractivity contribution in [2.45, 2.75) is 18.4 Å². The minimum atomic E-state index is -0.188. The van der Waals surface area contributed by atoms with Gasteiger partial charge in [0, 0.05) is 18.6 Å². The lowest BCUT2D eigenvalue weighted by Crippen LogP contribution is -2.43. The summed E-state index contributed by atoms with van der Waals surface area (Å²) in [6.45, 7) is 3.58. The first kappa shape index (κ1) is 11.6. The minimum Gasteiger partial charge on any atom is -0.379 e. The molecule has 1 saturated carbocycles. The highest BCUT2D eigenvalue weighted by molar-refractivity contribution is 9.10. The fourth-order valence-electron chi connectivity index (χ4n) is 2.68. The first-order chi connectivity index (χ1) is 8.22. The Morgan fingerprint density at radius 2 is 1.94 bits per heavy atom. The zero-order valence-corrected chi connectivity index (χ0v) is 11.2. The molecule has 0 unspecified atom stereocenters. The molecule has 0 atom stereocenters. The molecule has 0 amide bonds. The van der Waals surface area contributed by atoms with Gasteiger partial charge in [0.1, 0.15) is 5.82 Å². The highest BCUT2D eigenvalue weighted by Gasteiger charge is 2.49. The summed E-state index contributed by atoms with van der Waals surface area (Å²) in [5.41, 5.74) is 1.38. The Bertz CT molecular complexity index is 427. The fourth-order valence-corrected chi connectivity index (χ4v) is 3.06. The maximum absolute atomic E-state index is 13.3. The molecule has 1 aromatic rings. The van der Waals surface area contributed by atoms with E-state index in [1.165, 1.54) is 18.4 Å². The molecular weight excluding hydrogens is 285 g/mol. The molecule has 1 aliphatic heterocycles. The van der Waals surface area contributed by atoms with E-state index in [-0.39, 0.29) is 11.4 Å². The SMILES string of the molecule is Fc1ccc(C2(N3CCOCC3)CC2)cc1Br. The van der Waals surface area contributed by atoms with Gasteiger partial charge < -0.3 is 4.74 Å². The standard InChI is InChI=1S/C13H15BrFNO/c14-11-9-10(1-2-12(11)15)13(3-4-13)16-5-7-17-8-6-16/h1-2,9H,3-8H2. The summed E-state index contributed by atoms with van der Waals surface area (Å²) in [6.07, 6.45) is 2.34. The Balaban J connectivity index is 1.88. The van der Waals surface area contributed by atoms with Crippen molar-refractivity contribution in [3.63, 3.8) is 0 Å². The molecule has 1 heterocycles. The Morgan fingerprint density at radius 1 is 1.24 bits per heavy atom. The van der Waals surface area contributed by atoms with E-state index in [2.05, 4.69) is 20.8 Å². The first-order valence-electron chi connectivity index (χ1n) is 6.01. The van der Waals surface area contributed by atoms with Crippen LogP contribution in [0, 0.1) is 5.82 Å². The van der Waals surface area contributed by atoms with E-state index < -0.39 is 0 Å². The average Bonchev–Trinajstić information content (AvgIpc) is 3.15. The van der Waals surface area contributed by atoms with Gasteiger partial charge in [0.15, 0.2) is 0 Å². The van der Waals surface area contributed by atoms with E-state index in [1.54, 1.807) is 6.07 Å². The van der Waals surface area contributed by atoms with Crippen molar-refractivity contribution in [1.29, 1.82) is 0 Å². The molecule has 0 N–H and O–H groups in total. The van der Waals surface area contributed by atoms with E-state index in [1.807, 2.05) is 12.1 Å². The minimum absolute atomic E-state index is 0.153. The molecule has 0 bridgehead atoms. The van der Waals surface area contributed by atoms with Crippen LogP contribution in [0.3, 0.4) is 0 Å². The zero-order valence-electron chi connectivity index (χ0n) is 9.59. The monoisotopic (exact) mass is 299 g/mol. The van der Waals surface area contributed by atoms with Crippen LogP contribution in [0.2, 0.25) is 0 Å². The van der Waals surface area contributed by atoms with Crippen LogP contribution in [0.25, 0.3) is 0 Å². The molecule has 1 aromatic carbocycles. The smallest absolute Gasteiger partial charge is 0.137 e. The van der Waals surface area contributed by atoms with Crippen molar-refractivity contribution >= 4 is 15.9 Å². The van der Waals surface area contributed by atoms with Crippen LogP contribution in [0.15, 0.2) is 22.7 Å². The normalized spacial score (nSPS) is 23.6. The second-order valence-corrected chi connectivity index (χ2v) is 5.61. The predicted octanol–water partition coefficient (Wildman–Crippen LogP) is 2.91.